The molecule has 0 aliphatic carbocycles. The molecule has 0 radical (unpaired) electrons. The first-order chi connectivity index (χ1) is 10.8. The van der Waals surface area contributed by atoms with E-state index in [1.807, 2.05) is 18.2 Å². The molecule has 3 aromatic rings. The zero-order valence-electron chi connectivity index (χ0n) is 12.8. The fourth-order valence-corrected chi connectivity index (χ4v) is 2.46. The molecule has 0 aromatic heterocycles. The smallest absolute Gasteiger partial charge is 0.124 e. The number of ether oxygens (including phenoxy) is 2. The van der Waals surface area contributed by atoms with Crippen molar-refractivity contribution in [2.45, 2.75) is 6.54 Å². The molecule has 0 amide bonds. The minimum absolute atomic E-state index is 0.751. The third-order valence-corrected chi connectivity index (χ3v) is 3.66. The molecule has 0 spiro atoms. The summed E-state index contributed by atoms with van der Waals surface area (Å²) in [5.74, 6) is 1.56. The minimum atomic E-state index is 0.751. The summed E-state index contributed by atoms with van der Waals surface area (Å²) in [4.78, 5) is 0. The third kappa shape index (κ3) is 3.14. The van der Waals surface area contributed by atoms with Crippen molar-refractivity contribution in [1.82, 2.24) is 0 Å². The fourth-order valence-electron chi connectivity index (χ4n) is 2.46. The Hall–Kier alpha value is -2.68. The van der Waals surface area contributed by atoms with Crippen molar-refractivity contribution in [3.05, 3.63) is 66.2 Å². The van der Waals surface area contributed by atoms with Crippen molar-refractivity contribution in [1.29, 1.82) is 0 Å². The van der Waals surface area contributed by atoms with Crippen molar-refractivity contribution in [2.24, 2.45) is 0 Å². The molecular weight excluding hydrogens is 274 g/mol. The van der Waals surface area contributed by atoms with Crippen LogP contribution in [0.3, 0.4) is 0 Å². The number of rotatable bonds is 5. The van der Waals surface area contributed by atoms with Crippen LogP contribution in [0.1, 0.15) is 5.56 Å². The summed E-state index contributed by atoms with van der Waals surface area (Å²) in [6.07, 6.45) is 0. The highest BCUT2D eigenvalue weighted by molar-refractivity contribution is 5.83. The summed E-state index contributed by atoms with van der Waals surface area (Å²) < 4.78 is 10.6. The van der Waals surface area contributed by atoms with E-state index in [1.165, 1.54) is 16.3 Å². The Morgan fingerprint density at radius 3 is 2.14 bits per heavy atom. The van der Waals surface area contributed by atoms with Crippen molar-refractivity contribution in [3.8, 4) is 11.5 Å². The highest BCUT2D eigenvalue weighted by atomic mass is 16.5. The van der Waals surface area contributed by atoms with Gasteiger partial charge in [-0.1, -0.05) is 36.4 Å². The second-order valence-corrected chi connectivity index (χ2v) is 5.14. The molecule has 3 heteroatoms. The van der Waals surface area contributed by atoms with E-state index in [9.17, 15) is 0 Å². The number of anilines is 1. The molecule has 3 rings (SSSR count). The van der Waals surface area contributed by atoms with Gasteiger partial charge in [-0.3, -0.25) is 0 Å². The van der Waals surface area contributed by atoms with Gasteiger partial charge in [-0.15, -0.1) is 0 Å². The van der Waals surface area contributed by atoms with E-state index in [0.29, 0.717) is 0 Å². The molecule has 0 aliphatic heterocycles. The molecule has 3 aromatic carbocycles. The molecule has 112 valence electrons. The van der Waals surface area contributed by atoms with Gasteiger partial charge in [0.15, 0.2) is 0 Å². The monoisotopic (exact) mass is 293 g/mol. The molecule has 3 nitrogen and oxygen atoms in total. The molecule has 0 saturated heterocycles. The van der Waals surface area contributed by atoms with E-state index < -0.39 is 0 Å². The van der Waals surface area contributed by atoms with Crippen LogP contribution in [-0.4, -0.2) is 14.2 Å². The predicted molar refractivity (Wildman–Crippen MR) is 90.8 cm³/mol. The number of benzene rings is 3. The molecule has 1 N–H and O–H groups in total. The largest absolute Gasteiger partial charge is 0.497 e. The van der Waals surface area contributed by atoms with Gasteiger partial charge in [-0.25, -0.2) is 0 Å². The van der Waals surface area contributed by atoms with Crippen LogP contribution in [0.2, 0.25) is 0 Å². The van der Waals surface area contributed by atoms with Crippen LogP contribution in [-0.2, 0) is 6.54 Å². The van der Waals surface area contributed by atoms with Crippen LogP contribution in [0.4, 0.5) is 5.69 Å². The lowest BCUT2D eigenvalue weighted by atomic mass is 10.1. The number of methoxy groups -OCH3 is 2. The summed E-state index contributed by atoms with van der Waals surface area (Å²) in [5, 5.41) is 5.93. The first-order valence-electron chi connectivity index (χ1n) is 7.23. The SMILES string of the molecule is COc1cc(NCc2ccc3ccccc3c2)cc(OC)c1. The average molecular weight is 293 g/mol. The number of hydrogen-bond donors (Lipinski definition) is 1. The molecular formula is C19H19NO2. The molecule has 0 aliphatic rings. The van der Waals surface area contributed by atoms with E-state index >= 15 is 0 Å². The second-order valence-electron chi connectivity index (χ2n) is 5.14. The van der Waals surface area contributed by atoms with E-state index in [2.05, 4.69) is 47.8 Å². The Kier molecular flexibility index (Phi) is 4.15. The molecule has 0 atom stereocenters. The van der Waals surface area contributed by atoms with Crippen LogP contribution in [0.15, 0.2) is 60.7 Å². The first-order valence-corrected chi connectivity index (χ1v) is 7.23. The zero-order chi connectivity index (χ0) is 15.4. The van der Waals surface area contributed by atoms with Crippen molar-refractivity contribution in [3.63, 3.8) is 0 Å². The molecule has 0 bridgehead atoms. The van der Waals surface area contributed by atoms with Gasteiger partial charge in [-0.05, 0) is 22.4 Å². The van der Waals surface area contributed by atoms with Crippen LogP contribution < -0.4 is 14.8 Å². The summed E-state index contributed by atoms with van der Waals surface area (Å²) >= 11 is 0. The quantitative estimate of drug-likeness (QED) is 0.753. The van der Waals surface area contributed by atoms with Crippen LogP contribution in [0.5, 0.6) is 11.5 Å². The Balaban J connectivity index is 1.78. The maximum Gasteiger partial charge on any atom is 0.124 e. The maximum atomic E-state index is 5.29. The molecule has 0 unspecified atom stereocenters. The van der Waals surface area contributed by atoms with E-state index in [-0.39, 0.29) is 0 Å². The van der Waals surface area contributed by atoms with Gasteiger partial charge in [0.1, 0.15) is 11.5 Å². The predicted octanol–water partition coefficient (Wildman–Crippen LogP) is 4.47. The van der Waals surface area contributed by atoms with Crippen molar-refractivity contribution in [2.75, 3.05) is 19.5 Å². The van der Waals surface area contributed by atoms with E-state index in [4.69, 9.17) is 9.47 Å². The van der Waals surface area contributed by atoms with Gasteiger partial charge in [-0.2, -0.15) is 0 Å². The summed E-state index contributed by atoms with van der Waals surface area (Å²) in [7, 11) is 3.31. The molecule has 0 heterocycles. The standard InChI is InChI=1S/C19H19NO2/c1-21-18-10-17(11-19(12-18)22-2)20-13-14-7-8-15-5-3-4-6-16(15)9-14/h3-12,20H,13H2,1-2H3. The van der Waals surface area contributed by atoms with Gasteiger partial charge >= 0.3 is 0 Å². The Morgan fingerprint density at radius 2 is 1.45 bits per heavy atom. The molecule has 0 saturated carbocycles. The van der Waals surface area contributed by atoms with Crippen molar-refractivity contribution < 1.29 is 9.47 Å². The summed E-state index contributed by atoms with van der Waals surface area (Å²) in [6, 6.07) is 20.7. The van der Waals surface area contributed by atoms with Gasteiger partial charge in [0.25, 0.3) is 0 Å². The van der Waals surface area contributed by atoms with Gasteiger partial charge < -0.3 is 14.8 Å². The van der Waals surface area contributed by atoms with Crippen molar-refractivity contribution >= 4 is 16.5 Å². The zero-order valence-corrected chi connectivity index (χ0v) is 12.8. The highest BCUT2D eigenvalue weighted by Crippen LogP contribution is 2.26. The number of hydrogen-bond acceptors (Lipinski definition) is 3. The first kappa shape index (κ1) is 14.3. The van der Waals surface area contributed by atoms with E-state index in [1.54, 1.807) is 14.2 Å². The second kappa shape index (κ2) is 6.39. The maximum absolute atomic E-state index is 5.29. The minimum Gasteiger partial charge on any atom is -0.497 e. The van der Waals surface area contributed by atoms with Gasteiger partial charge in [0.2, 0.25) is 0 Å². The molecule has 22 heavy (non-hydrogen) atoms. The van der Waals surface area contributed by atoms with Gasteiger partial charge in [0, 0.05) is 30.4 Å². The summed E-state index contributed by atoms with van der Waals surface area (Å²) in [6.45, 7) is 0.751. The Bertz CT molecular complexity index is 761. The van der Waals surface area contributed by atoms with Crippen LogP contribution in [0.25, 0.3) is 10.8 Å². The van der Waals surface area contributed by atoms with E-state index in [0.717, 1.165) is 23.7 Å². The third-order valence-electron chi connectivity index (χ3n) is 3.66. The Morgan fingerprint density at radius 1 is 0.773 bits per heavy atom. The van der Waals surface area contributed by atoms with Gasteiger partial charge in [0.05, 0.1) is 14.2 Å². The van der Waals surface area contributed by atoms with Crippen LogP contribution in [0, 0.1) is 0 Å². The molecule has 0 fully saturated rings. The van der Waals surface area contributed by atoms with Crippen LogP contribution >= 0.6 is 0 Å². The normalized spacial score (nSPS) is 10.5. The highest BCUT2D eigenvalue weighted by Gasteiger charge is 2.02. The Labute approximate surface area is 130 Å². The summed E-state index contributed by atoms with van der Waals surface area (Å²) in [5.41, 5.74) is 2.21. The average Bonchev–Trinajstić information content (AvgIpc) is 2.59. The lowest BCUT2D eigenvalue weighted by Crippen LogP contribution is -2.00. The number of fused-ring (bicyclic) bond motifs is 1. The fraction of sp³-hybridized carbons (Fsp3) is 0.158. The lowest BCUT2D eigenvalue weighted by Gasteiger charge is -2.11. The topological polar surface area (TPSA) is 30.5 Å². The number of nitrogens with one attached hydrogen (secondary N) is 1. The lowest BCUT2D eigenvalue weighted by molar-refractivity contribution is 0.394.